The molecule has 0 saturated carbocycles. The number of carbonyl (C=O) groups is 1. The average molecular weight is 381 g/mol. The van der Waals surface area contributed by atoms with E-state index in [9.17, 15) is 4.79 Å². The number of aromatic nitrogens is 2. The van der Waals surface area contributed by atoms with E-state index in [4.69, 9.17) is 4.74 Å². The average Bonchev–Trinajstić information content (AvgIpc) is 3.24. The molecule has 1 atom stereocenters. The Balaban J connectivity index is 1.41. The number of carbonyl (C=O) groups excluding carboxylic acids is 1. The van der Waals surface area contributed by atoms with Gasteiger partial charge in [-0.2, -0.15) is 0 Å². The van der Waals surface area contributed by atoms with Crippen molar-refractivity contribution in [3.63, 3.8) is 0 Å². The van der Waals surface area contributed by atoms with Crippen LogP contribution in [0.1, 0.15) is 24.2 Å². The number of hydrogen-bond acceptors (Lipinski definition) is 6. The lowest BCUT2D eigenvalue weighted by Gasteiger charge is -2.36. The molecular formula is C21H27N5O2. The summed E-state index contributed by atoms with van der Waals surface area (Å²) in [7, 11) is 0. The van der Waals surface area contributed by atoms with E-state index in [1.165, 1.54) is 5.56 Å². The summed E-state index contributed by atoms with van der Waals surface area (Å²) < 4.78 is 5.54. The van der Waals surface area contributed by atoms with Gasteiger partial charge in [0.2, 0.25) is 0 Å². The van der Waals surface area contributed by atoms with E-state index in [-0.39, 0.29) is 12.0 Å². The van der Waals surface area contributed by atoms with E-state index in [1.807, 2.05) is 30.0 Å². The van der Waals surface area contributed by atoms with Gasteiger partial charge < -0.3 is 19.9 Å². The summed E-state index contributed by atoms with van der Waals surface area (Å²) in [6, 6.07) is 10.2. The lowest BCUT2D eigenvalue weighted by atomic mass is 10.2. The van der Waals surface area contributed by atoms with E-state index < -0.39 is 0 Å². The second kappa shape index (κ2) is 8.14. The highest BCUT2D eigenvalue weighted by Gasteiger charge is 2.30. The molecule has 0 bridgehead atoms. The number of nitrogens with zero attached hydrogens (tertiary/aromatic N) is 4. The number of benzene rings is 1. The summed E-state index contributed by atoms with van der Waals surface area (Å²) in [5, 5.41) is 3.36. The fourth-order valence-corrected chi connectivity index (χ4v) is 3.69. The van der Waals surface area contributed by atoms with Crippen molar-refractivity contribution in [2.75, 3.05) is 43.0 Å². The number of piperazine rings is 1. The third-order valence-corrected chi connectivity index (χ3v) is 5.27. The fraction of sp³-hybridized carbons (Fsp3) is 0.476. The number of anilines is 3. The van der Waals surface area contributed by atoms with E-state index >= 15 is 0 Å². The molecule has 7 heteroatoms. The summed E-state index contributed by atoms with van der Waals surface area (Å²) in [5.74, 6) is 2.54. The van der Waals surface area contributed by atoms with Gasteiger partial charge in [-0.15, -0.1) is 0 Å². The van der Waals surface area contributed by atoms with Crippen LogP contribution in [0.2, 0.25) is 0 Å². The minimum Gasteiger partial charge on any atom is -0.368 e. The van der Waals surface area contributed by atoms with Gasteiger partial charge in [0.05, 0.1) is 0 Å². The van der Waals surface area contributed by atoms with E-state index in [1.54, 1.807) is 0 Å². The third-order valence-electron chi connectivity index (χ3n) is 5.27. The summed E-state index contributed by atoms with van der Waals surface area (Å²) in [6.07, 6.45) is 1.59. The maximum atomic E-state index is 12.5. The number of amides is 1. The van der Waals surface area contributed by atoms with Crippen LogP contribution in [0.4, 0.5) is 17.3 Å². The summed E-state index contributed by atoms with van der Waals surface area (Å²) in [6.45, 7) is 7.59. The maximum absolute atomic E-state index is 12.5. The first-order valence-electron chi connectivity index (χ1n) is 9.93. The topological polar surface area (TPSA) is 70.6 Å². The second-order valence-corrected chi connectivity index (χ2v) is 7.46. The fourth-order valence-electron chi connectivity index (χ4n) is 3.69. The first-order valence-corrected chi connectivity index (χ1v) is 9.93. The SMILES string of the molecule is Cc1ccc(Nc2cc(N3CCN(C(=O)C4CCCO4)CC3)nc(C)n2)cc1. The summed E-state index contributed by atoms with van der Waals surface area (Å²) in [5.41, 5.74) is 2.22. The Morgan fingerprint density at radius 1 is 1.11 bits per heavy atom. The highest BCUT2D eigenvalue weighted by atomic mass is 16.5. The Hall–Kier alpha value is -2.67. The zero-order chi connectivity index (χ0) is 19.5. The lowest BCUT2D eigenvalue weighted by molar-refractivity contribution is -0.141. The first kappa shape index (κ1) is 18.7. The highest BCUT2D eigenvalue weighted by molar-refractivity contribution is 5.81. The van der Waals surface area contributed by atoms with Crippen LogP contribution >= 0.6 is 0 Å². The lowest BCUT2D eigenvalue weighted by Crippen LogP contribution is -2.51. The van der Waals surface area contributed by atoms with Gasteiger partial charge in [-0.25, -0.2) is 9.97 Å². The van der Waals surface area contributed by atoms with Gasteiger partial charge in [0.15, 0.2) is 0 Å². The van der Waals surface area contributed by atoms with Crippen molar-refractivity contribution in [2.24, 2.45) is 0 Å². The van der Waals surface area contributed by atoms with Crippen LogP contribution < -0.4 is 10.2 Å². The van der Waals surface area contributed by atoms with Gasteiger partial charge in [0.25, 0.3) is 5.91 Å². The molecule has 4 rings (SSSR count). The van der Waals surface area contributed by atoms with Crippen molar-refractivity contribution in [2.45, 2.75) is 32.8 Å². The molecule has 0 radical (unpaired) electrons. The zero-order valence-corrected chi connectivity index (χ0v) is 16.5. The largest absolute Gasteiger partial charge is 0.368 e. The quantitative estimate of drug-likeness (QED) is 0.878. The number of hydrogen-bond donors (Lipinski definition) is 1. The first-order chi connectivity index (χ1) is 13.6. The van der Waals surface area contributed by atoms with Crippen LogP contribution in [0.15, 0.2) is 30.3 Å². The Labute approximate surface area is 165 Å². The van der Waals surface area contributed by atoms with Crippen molar-refractivity contribution in [3.05, 3.63) is 41.7 Å². The minimum atomic E-state index is -0.238. The Morgan fingerprint density at radius 3 is 2.54 bits per heavy atom. The van der Waals surface area contributed by atoms with Gasteiger partial charge in [0.1, 0.15) is 23.6 Å². The zero-order valence-electron chi connectivity index (χ0n) is 16.5. The standard InChI is InChI=1S/C21H27N5O2/c1-15-5-7-17(8-6-15)24-19-14-20(23-16(2)22-19)25-9-11-26(12-10-25)21(27)18-4-3-13-28-18/h5-8,14,18H,3-4,9-13H2,1-2H3,(H,22,23,24). The predicted molar refractivity (Wildman–Crippen MR) is 109 cm³/mol. The van der Waals surface area contributed by atoms with Gasteiger partial charge in [-0.1, -0.05) is 17.7 Å². The Kier molecular flexibility index (Phi) is 5.43. The van der Waals surface area contributed by atoms with Crippen molar-refractivity contribution in [1.82, 2.24) is 14.9 Å². The molecular weight excluding hydrogens is 354 g/mol. The molecule has 7 nitrogen and oxygen atoms in total. The van der Waals surface area contributed by atoms with Crippen molar-refractivity contribution >= 4 is 23.2 Å². The van der Waals surface area contributed by atoms with Crippen molar-refractivity contribution < 1.29 is 9.53 Å². The van der Waals surface area contributed by atoms with E-state index in [0.29, 0.717) is 19.7 Å². The second-order valence-electron chi connectivity index (χ2n) is 7.46. The molecule has 1 N–H and O–H groups in total. The molecule has 2 saturated heterocycles. The van der Waals surface area contributed by atoms with Crippen LogP contribution in [0.5, 0.6) is 0 Å². The third kappa shape index (κ3) is 4.25. The van der Waals surface area contributed by atoms with Gasteiger partial charge in [-0.3, -0.25) is 4.79 Å². The Morgan fingerprint density at radius 2 is 1.86 bits per heavy atom. The molecule has 0 spiro atoms. The minimum absolute atomic E-state index is 0.137. The van der Waals surface area contributed by atoms with Crippen LogP contribution in [0.25, 0.3) is 0 Å². The molecule has 2 aliphatic heterocycles. The number of aryl methyl sites for hydroxylation is 2. The molecule has 0 aliphatic carbocycles. The Bertz CT molecular complexity index is 825. The van der Waals surface area contributed by atoms with Crippen molar-refractivity contribution in [3.8, 4) is 0 Å². The molecule has 148 valence electrons. The molecule has 28 heavy (non-hydrogen) atoms. The molecule has 3 heterocycles. The van der Waals surface area contributed by atoms with Crippen LogP contribution in [-0.2, 0) is 9.53 Å². The molecule has 2 aliphatic rings. The highest BCUT2D eigenvalue weighted by Crippen LogP contribution is 2.22. The monoisotopic (exact) mass is 381 g/mol. The summed E-state index contributed by atoms with van der Waals surface area (Å²) in [4.78, 5) is 25.8. The maximum Gasteiger partial charge on any atom is 0.251 e. The van der Waals surface area contributed by atoms with Gasteiger partial charge in [0, 0.05) is 44.5 Å². The van der Waals surface area contributed by atoms with E-state index in [0.717, 1.165) is 49.1 Å². The molecule has 1 aromatic heterocycles. The molecule has 2 aromatic rings. The molecule has 1 amide bonds. The normalized spacial score (nSPS) is 19.7. The predicted octanol–water partition coefficient (Wildman–Crippen LogP) is 2.66. The van der Waals surface area contributed by atoms with E-state index in [2.05, 4.69) is 39.2 Å². The van der Waals surface area contributed by atoms with Gasteiger partial charge >= 0.3 is 0 Å². The molecule has 2 fully saturated rings. The number of nitrogens with one attached hydrogen (secondary N) is 1. The number of ether oxygens (including phenoxy) is 1. The smallest absolute Gasteiger partial charge is 0.251 e. The molecule has 1 aromatic carbocycles. The number of rotatable bonds is 4. The van der Waals surface area contributed by atoms with Crippen LogP contribution in [-0.4, -0.2) is 59.7 Å². The van der Waals surface area contributed by atoms with Crippen molar-refractivity contribution in [1.29, 1.82) is 0 Å². The van der Waals surface area contributed by atoms with Crippen LogP contribution in [0, 0.1) is 13.8 Å². The molecule has 1 unspecified atom stereocenters. The van der Waals surface area contributed by atoms with Gasteiger partial charge in [-0.05, 0) is 38.8 Å². The summed E-state index contributed by atoms with van der Waals surface area (Å²) >= 11 is 0. The van der Waals surface area contributed by atoms with Crippen LogP contribution in [0.3, 0.4) is 0 Å².